The predicted octanol–water partition coefficient (Wildman–Crippen LogP) is 7.39. The van der Waals surface area contributed by atoms with Crippen molar-refractivity contribution in [1.82, 2.24) is 4.98 Å². The molecule has 0 radical (unpaired) electrons. The molecular formula is C31H23N7O16S2. The van der Waals surface area contributed by atoms with Crippen LogP contribution in [0.1, 0.15) is 20.7 Å². The molecule has 8 N–H and O–H groups in total. The normalized spacial score (nSPS) is 11.9. The zero-order valence-electron chi connectivity index (χ0n) is 28.0. The zero-order chi connectivity index (χ0) is 40.9. The molecule has 0 unspecified atom stereocenters. The molecule has 0 bridgehead atoms. The van der Waals surface area contributed by atoms with Gasteiger partial charge in [0.25, 0.3) is 10.1 Å². The summed E-state index contributed by atoms with van der Waals surface area (Å²) in [6.45, 7) is 0. The summed E-state index contributed by atoms with van der Waals surface area (Å²) in [4.78, 5) is 26.1. The highest BCUT2D eigenvalue weighted by molar-refractivity contribution is 7.94. The van der Waals surface area contributed by atoms with Crippen molar-refractivity contribution < 1.29 is 77.3 Å². The first kappa shape index (κ1) is 40.2. The van der Waals surface area contributed by atoms with Crippen LogP contribution in [0.25, 0.3) is 10.8 Å². The van der Waals surface area contributed by atoms with Crippen LogP contribution in [-0.4, -0.2) is 80.0 Å². The molecule has 0 amide bonds. The van der Waals surface area contributed by atoms with Gasteiger partial charge in [-0.1, -0.05) is 5.04 Å². The quantitative estimate of drug-likeness (QED) is 0.0178. The van der Waals surface area contributed by atoms with E-state index in [1.165, 1.54) is 44.6 Å². The highest BCUT2D eigenvalue weighted by Gasteiger charge is 2.22. The standard InChI is InChI=1S/C31H23N7O16S2/c1-51-21-11-19(36-38-27-23(55-54-53-47)6-12-5-14(56(48,49)50)8-20(39)25(12)28(27)41)22(52-2)10-18(21)35-34-17-4-3-13(7-15(17)30(43)44)33-37-26-16(31(45)46)9-24(40)32-29(26)42/h3-11,39,41,47H,1-2H3,(H,43,44)(H,45,46)(H2,32,40,42)(H,48,49,50). The Morgan fingerprint density at radius 3 is 1.93 bits per heavy atom. The Labute approximate surface area is 315 Å². The van der Waals surface area contributed by atoms with Crippen molar-refractivity contribution in [2.24, 2.45) is 30.7 Å². The number of rotatable bonds is 14. The van der Waals surface area contributed by atoms with Gasteiger partial charge in [0.05, 0.1) is 58.3 Å². The van der Waals surface area contributed by atoms with Gasteiger partial charge in [0.15, 0.2) is 11.4 Å². The highest BCUT2D eigenvalue weighted by Crippen LogP contribution is 2.48. The molecule has 4 aromatic carbocycles. The number of aromatic nitrogens is 1. The van der Waals surface area contributed by atoms with Gasteiger partial charge in [-0.3, -0.25) is 4.55 Å². The number of fused-ring (bicyclic) bond motifs is 1. The first-order valence-corrected chi connectivity index (χ1v) is 16.9. The topological polar surface area (TPSA) is 354 Å². The molecule has 0 atom stereocenters. The number of nitrogens with zero attached hydrogens (tertiary/aromatic N) is 7. The lowest BCUT2D eigenvalue weighted by atomic mass is 10.1. The second-order valence-electron chi connectivity index (χ2n) is 10.6. The number of aromatic hydroxyl groups is 4. The monoisotopic (exact) mass is 813 g/mol. The van der Waals surface area contributed by atoms with Crippen molar-refractivity contribution in [3.63, 3.8) is 0 Å². The molecule has 0 spiro atoms. The van der Waals surface area contributed by atoms with Crippen molar-refractivity contribution >= 4 is 79.0 Å². The number of carboxylic acids is 2. The molecule has 0 aliphatic carbocycles. The van der Waals surface area contributed by atoms with Gasteiger partial charge < -0.3 is 40.1 Å². The fraction of sp³-hybridized carbons (Fsp3) is 0.0645. The van der Waals surface area contributed by atoms with Crippen LogP contribution in [0.15, 0.2) is 95.1 Å². The maximum atomic E-state index is 12.1. The van der Waals surface area contributed by atoms with E-state index in [-0.39, 0.29) is 55.6 Å². The summed E-state index contributed by atoms with van der Waals surface area (Å²) in [5, 5.41) is 95.8. The molecule has 0 aliphatic heterocycles. The minimum absolute atomic E-state index is 0.00207. The summed E-state index contributed by atoms with van der Waals surface area (Å²) >= 11 is 0.305. The van der Waals surface area contributed by atoms with Gasteiger partial charge in [-0.05, 0) is 35.7 Å². The van der Waals surface area contributed by atoms with Crippen molar-refractivity contribution in [2.45, 2.75) is 9.79 Å². The van der Waals surface area contributed by atoms with Crippen molar-refractivity contribution in [3.8, 4) is 34.8 Å². The molecule has 290 valence electrons. The summed E-state index contributed by atoms with van der Waals surface area (Å²) in [7, 11) is -2.24. The van der Waals surface area contributed by atoms with Gasteiger partial charge >= 0.3 is 11.9 Å². The lowest BCUT2D eigenvalue weighted by molar-refractivity contribution is -0.432. The number of carbonyl (C=O) groups is 2. The van der Waals surface area contributed by atoms with Crippen LogP contribution >= 0.6 is 12.0 Å². The Morgan fingerprint density at radius 2 is 1.34 bits per heavy atom. The summed E-state index contributed by atoms with van der Waals surface area (Å²) in [6, 6.07) is 9.63. The molecule has 5 rings (SSSR count). The number of azo groups is 3. The number of methoxy groups -OCH3 is 2. The van der Waals surface area contributed by atoms with Gasteiger partial charge in [-0.25, -0.2) is 14.8 Å². The second-order valence-corrected chi connectivity index (χ2v) is 12.8. The molecule has 1 heterocycles. The van der Waals surface area contributed by atoms with E-state index in [9.17, 15) is 53.2 Å². The summed E-state index contributed by atoms with van der Waals surface area (Å²) in [6.07, 6.45) is 0. The van der Waals surface area contributed by atoms with Crippen LogP contribution in [0, 0.1) is 0 Å². The van der Waals surface area contributed by atoms with Gasteiger partial charge in [0.1, 0.15) is 40.0 Å². The van der Waals surface area contributed by atoms with Crippen molar-refractivity contribution in [2.75, 3.05) is 14.2 Å². The fourth-order valence-corrected chi connectivity index (χ4v) is 5.79. The molecule has 0 fully saturated rings. The number of phenols is 2. The molecule has 0 saturated heterocycles. The van der Waals surface area contributed by atoms with Gasteiger partial charge in [0, 0.05) is 24.3 Å². The Balaban J connectivity index is 1.50. The average Bonchev–Trinajstić information content (AvgIpc) is 3.14. The Hall–Kier alpha value is -7.03. The summed E-state index contributed by atoms with van der Waals surface area (Å²) in [5.41, 5.74) is -2.35. The summed E-state index contributed by atoms with van der Waals surface area (Å²) < 4.78 is 48.0. The molecule has 25 heteroatoms. The number of benzene rings is 4. The van der Waals surface area contributed by atoms with E-state index in [1.54, 1.807) is 0 Å². The Morgan fingerprint density at radius 1 is 0.732 bits per heavy atom. The van der Waals surface area contributed by atoms with Gasteiger partial charge in [0.2, 0.25) is 11.8 Å². The molecule has 56 heavy (non-hydrogen) atoms. The number of phenolic OH excluding ortho intramolecular Hbond substituents is 2. The minimum Gasteiger partial charge on any atom is -0.507 e. The molecule has 0 aliphatic rings. The van der Waals surface area contributed by atoms with E-state index < -0.39 is 67.0 Å². The third-order valence-corrected chi connectivity index (χ3v) is 8.68. The zero-order valence-corrected chi connectivity index (χ0v) is 29.6. The second kappa shape index (κ2) is 16.5. The molecule has 23 nitrogen and oxygen atoms in total. The van der Waals surface area contributed by atoms with Crippen molar-refractivity contribution in [1.29, 1.82) is 0 Å². The number of hydrogen-bond donors (Lipinski definition) is 8. The Bertz CT molecular complexity index is 2600. The maximum Gasteiger partial charge on any atom is 0.338 e. The smallest absolute Gasteiger partial charge is 0.338 e. The number of ether oxygens (including phenoxy) is 2. The van der Waals surface area contributed by atoms with Crippen LogP contribution in [0.3, 0.4) is 0 Å². The number of hydrogen-bond acceptors (Lipinski definition) is 21. The third-order valence-electron chi connectivity index (χ3n) is 7.23. The molecule has 0 saturated carbocycles. The lowest BCUT2D eigenvalue weighted by Crippen LogP contribution is -1.98. The number of pyridine rings is 1. The molecular weight excluding hydrogens is 791 g/mol. The highest BCUT2D eigenvalue weighted by atomic mass is 32.2. The van der Waals surface area contributed by atoms with E-state index in [0.717, 1.165) is 18.2 Å². The number of carboxylic acid groups (broad SMARTS) is 2. The van der Waals surface area contributed by atoms with Crippen LogP contribution < -0.4 is 9.47 Å². The first-order chi connectivity index (χ1) is 26.6. The van der Waals surface area contributed by atoms with Crippen LogP contribution in [0.4, 0.5) is 34.1 Å². The number of aromatic carboxylic acids is 2. The maximum absolute atomic E-state index is 12.1. The van der Waals surface area contributed by atoms with E-state index in [2.05, 4.69) is 45.0 Å². The van der Waals surface area contributed by atoms with E-state index >= 15 is 0 Å². The van der Waals surface area contributed by atoms with Crippen LogP contribution in [0.5, 0.6) is 34.8 Å². The SMILES string of the molecule is COc1cc(N=Nc2c(SOOO)cc3cc(S(=O)(=O)O)cc(O)c3c2O)c(OC)cc1N=Nc1ccc(N=Nc2c(C(=O)O)cc(O)nc2O)cc1C(=O)O. The van der Waals surface area contributed by atoms with Crippen molar-refractivity contribution in [3.05, 3.63) is 65.7 Å². The summed E-state index contributed by atoms with van der Waals surface area (Å²) in [5.74, 6) is -6.22. The fourth-order valence-electron chi connectivity index (χ4n) is 4.76. The van der Waals surface area contributed by atoms with Crippen LogP contribution in [0.2, 0.25) is 0 Å². The van der Waals surface area contributed by atoms with E-state index in [1.807, 2.05) is 0 Å². The first-order valence-electron chi connectivity index (χ1n) is 14.8. The van der Waals surface area contributed by atoms with E-state index in [0.29, 0.717) is 18.1 Å². The van der Waals surface area contributed by atoms with Gasteiger partial charge in [-0.2, -0.15) is 18.5 Å². The van der Waals surface area contributed by atoms with Gasteiger partial charge in [-0.15, -0.1) is 29.9 Å². The average molecular weight is 814 g/mol. The third kappa shape index (κ3) is 8.67. The Kier molecular flexibility index (Phi) is 11.9. The largest absolute Gasteiger partial charge is 0.507 e. The molecule has 1 aromatic heterocycles. The molecule has 5 aromatic rings. The lowest BCUT2D eigenvalue weighted by Gasteiger charge is -2.12. The predicted molar refractivity (Wildman–Crippen MR) is 188 cm³/mol. The van der Waals surface area contributed by atoms with Crippen LogP contribution in [-0.2, 0) is 19.5 Å². The van der Waals surface area contributed by atoms with E-state index in [4.69, 9.17) is 14.7 Å². The minimum atomic E-state index is -4.77.